The van der Waals surface area contributed by atoms with E-state index in [1.165, 1.54) is 0 Å². The minimum atomic E-state index is -0.319. The van der Waals surface area contributed by atoms with Crippen molar-refractivity contribution >= 4 is 23.1 Å². The van der Waals surface area contributed by atoms with Crippen LogP contribution in [0.3, 0.4) is 0 Å². The number of hydrogen-bond acceptors (Lipinski definition) is 5. The summed E-state index contributed by atoms with van der Waals surface area (Å²) in [5.41, 5.74) is 1.45. The van der Waals surface area contributed by atoms with Gasteiger partial charge in [-0.1, -0.05) is 18.2 Å². The fourth-order valence-electron chi connectivity index (χ4n) is 2.44. The Bertz CT molecular complexity index is 746. The third-order valence-corrected chi connectivity index (χ3v) is 3.86. The van der Waals surface area contributed by atoms with Gasteiger partial charge in [0.25, 0.3) is 5.91 Å². The first-order valence-electron chi connectivity index (χ1n) is 7.79. The molecule has 1 saturated heterocycles. The molecule has 124 valence electrons. The first kappa shape index (κ1) is 16.1. The van der Waals surface area contributed by atoms with Crippen LogP contribution in [0.25, 0.3) is 0 Å². The van der Waals surface area contributed by atoms with Gasteiger partial charge >= 0.3 is 0 Å². The molecule has 0 bridgehead atoms. The number of carbonyl (C=O) groups excluding carboxylic acids is 1. The monoisotopic (exact) mass is 324 g/mol. The predicted molar refractivity (Wildman–Crippen MR) is 93.6 cm³/mol. The number of amidine groups is 1. The molecule has 2 heterocycles. The van der Waals surface area contributed by atoms with Gasteiger partial charge in [-0.05, 0) is 25.2 Å². The lowest BCUT2D eigenvalue weighted by Gasteiger charge is -2.32. The third kappa shape index (κ3) is 3.75. The van der Waals surface area contributed by atoms with Crippen molar-refractivity contribution in [3.05, 3.63) is 48.3 Å². The molecule has 0 unspecified atom stereocenters. The van der Waals surface area contributed by atoms with Crippen LogP contribution < -0.4 is 5.32 Å². The van der Waals surface area contributed by atoms with Crippen LogP contribution in [0.1, 0.15) is 10.5 Å². The number of aromatic nitrogens is 2. The Kier molecular flexibility index (Phi) is 4.81. The Balaban J connectivity index is 1.86. The molecule has 1 aromatic carbocycles. The van der Waals surface area contributed by atoms with Gasteiger partial charge in [0.15, 0.2) is 5.69 Å². The SMILES string of the molecule is CN1CCN(C)C(=Nc2ccnnc2C(=O)Nc2ccccc2)C1. The molecule has 0 saturated carbocycles. The highest BCUT2D eigenvalue weighted by atomic mass is 16.1. The summed E-state index contributed by atoms with van der Waals surface area (Å²) in [5, 5.41) is 10.6. The van der Waals surface area contributed by atoms with Crippen molar-refractivity contribution in [1.29, 1.82) is 0 Å². The summed E-state index contributed by atoms with van der Waals surface area (Å²) in [6.45, 7) is 2.63. The van der Waals surface area contributed by atoms with Gasteiger partial charge in [0.1, 0.15) is 5.84 Å². The highest BCUT2D eigenvalue weighted by Gasteiger charge is 2.19. The number of para-hydroxylation sites is 1. The van der Waals surface area contributed by atoms with E-state index in [9.17, 15) is 4.79 Å². The van der Waals surface area contributed by atoms with Crippen LogP contribution in [0.5, 0.6) is 0 Å². The Labute approximate surface area is 141 Å². The van der Waals surface area contributed by atoms with Gasteiger partial charge in [-0.3, -0.25) is 9.69 Å². The van der Waals surface area contributed by atoms with E-state index in [0.717, 1.165) is 25.5 Å². The van der Waals surface area contributed by atoms with E-state index in [1.54, 1.807) is 12.3 Å². The van der Waals surface area contributed by atoms with Crippen LogP contribution in [-0.2, 0) is 0 Å². The number of anilines is 1. The number of aliphatic imine (C=N–C) groups is 1. The Morgan fingerprint density at radius 3 is 2.75 bits per heavy atom. The average Bonchev–Trinajstić information content (AvgIpc) is 2.59. The van der Waals surface area contributed by atoms with Gasteiger partial charge in [-0.2, -0.15) is 5.10 Å². The van der Waals surface area contributed by atoms with Gasteiger partial charge in [-0.15, -0.1) is 5.10 Å². The highest BCUT2D eigenvalue weighted by Crippen LogP contribution is 2.19. The van der Waals surface area contributed by atoms with Crippen LogP contribution in [0, 0.1) is 0 Å². The summed E-state index contributed by atoms with van der Waals surface area (Å²) >= 11 is 0. The lowest BCUT2D eigenvalue weighted by Crippen LogP contribution is -2.46. The van der Waals surface area contributed by atoms with Gasteiger partial charge in [0.05, 0.1) is 18.4 Å². The lowest BCUT2D eigenvalue weighted by atomic mass is 10.2. The van der Waals surface area contributed by atoms with Crippen molar-refractivity contribution in [1.82, 2.24) is 20.0 Å². The standard InChI is InChI=1S/C17H20N6O/c1-22-10-11-23(2)15(12-22)20-14-8-9-18-21-16(14)17(24)19-13-6-4-3-5-7-13/h3-9H,10-12H2,1-2H3,(H,19,24). The summed E-state index contributed by atoms with van der Waals surface area (Å²) in [4.78, 5) is 21.5. The van der Waals surface area contributed by atoms with E-state index in [1.807, 2.05) is 37.4 Å². The minimum Gasteiger partial charge on any atom is -0.361 e. The van der Waals surface area contributed by atoms with Gasteiger partial charge in [0, 0.05) is 25.8 Å². The molecule has 0 aliphatic carbocycles. The van der Waals surface area contributed by atoms with Gasteiger partial charge < -0.3 is 10.2 Å². The number of benzene rings is 1. The van der Waals surface area contributed by atoms with Crippen molar-refractivity contribution < 1.29 is 4.79 Å². The lowest BCUT2D eigenvalue weighted by molar-refractivity contribution is 0.102. The van der Waals surface area contributed by atoms with E-state index >= 15 is 0 Å². The molecule has 24 heavy (non-hydrogen) atoms. The number of amides is 1. The Hall–Kier alpha value is -2.80. The predicted octanol–water partition coefficient (Wildman–Crippen LogP) is 1.64. The van der Waals surface area contributed by atoms with Crippen molar-refractivity contribution in [3.63, 3.8) is 0 Å². The molecule has 7 nitrogen and oxygen atoms in total. The van der Waals surface area contributed by atoms with Crippen molar-refractivity contribution in [3.8, 4) is 0 Å². The fourth-order valence-corrected chi connectivity index (χ4v) is 2.44. The van der Waals surface area contributed by atoms with Crippen LogP contribution in [0.2, 0.25) is 0 Å². The minimum absolute atomic E-state index is 0.218. The largest absolute Gasteiger partial charge is 0.361 e. The molecule has 1 N–H and O–H groups in total. The maximum absolute atomic E-state index is 12.5. The topological polar surface area (TPSA) is 73.7 Å². The molecular weight excluding hydrogens is 304 g/mol. The van der Waals surface area contributed by atoms with Crippen LogP contribution in [-0.4, -0.2) is 65.5 Å². The summed E-state index contributed by atoms with van der Waals surface area (Å²) in [7, 11) is 4.06. The molecule has 3 rings (SSSR count). The molecule has 2 aromatic rings. The number of piperazine rings is 1. The van der Waals surface area contributed by atoms with Gasteiger partial charge in [-0.25, -0.2) is 4.99 Å². The average molecular weight is 324 g/mol. The zero-order valence-corrected chi connectivity index (χ0v) is 13.8. The van der Waals surface area contributed by atoms with Crippen molar-refractivity contribution in [2.45, 2.75) is 0 Å². The number of nitrogens with one attached hydrogen (secondary N) is 1. The zero-order valence-electron chi connectivity index (χ0n) is 13.8. The number of nitrogens with zero attached hydrogens (tertiary/aromatic N) is 5. The smallest absolute Gasteiger partial charge is 0.278 e. The van der Waals surface area contributed by atoms with Crippen molar-refractivity contribution in [2.24, 2.45) is 4.99 Å². The van der Waals surface area contributed by atoms with Crippen LogP contribution >= 0.6 is 0 Å². The molecule has 0 spiro atoms. The van der Waals surface area contributed by atoms with E-state index < -0.39 is 0 Å². The summed E-state index contributed by atoms with van der Waals surface area (Å²) < 4.78 is 0. The maximum Gasteiger partial charge on any atom is 0.278 e. The number of likely N-dealkylation sites (N-methyl/N-ethyl adjacent to an activating group) is 2. The molecule has 1 amide bonds. The van der Waals surface area contributed by atoms with Crippen molar-refractivity contribution in [2.75, 3.05) is 39.0 Å². The van der Waals surface area contributed by atoms with E-state index in [0.29, 0.717) is 11.4 Å². The quantitative estimate of drug-likeness (QED) is 0.929. The summed E-state index contributed by atoms with van der Waals surface area (Å²) in [5.74, 6) is 0.589. The van der Waals surface area contributed by atoms with E-state index in [4.69, 9.17) is 0 Å². The fraction of sp³-hybridized carbons (Fsp3) is 0.294. The first-order valence-corrected chi connectivity index (χ1v) is 7.79. The molecule has 1 aromatic heterocycles. The molecule has 1 aliphatic rings. The second-order valence-corrected chi connectivity index (χ2v) is 5.77. The second kappa shape index (κ2) is 7.18. The molecular formula is C17H20N6O. The molecule has 7 heteroatoms. The number of carbonyl (C=O) groups is 1. The normalized spacial score (nSPS) is 17.1. The Morgan fingerprint density at radius 1 is 1.17 bits per heavy atom. The van der Waals surface area contributed by atoms with E-state index in [-0.39, 0.29) is 11.6 Å². The van der Waals surface area contributed by atoms with E-state index in [2.05, 4.69) is 37.4 Å². The third-order valence-electron chi connectivity index (χ3n) is 3.86. The molecule has 0 atom stereocenters. The zero-order chi connectivity index (χ0) is 16.9. The number of rotatable bonds is 3. The van der Waals surface area contributed by atoms with Gasteiger partial charge in [0.2, 0.25) is 0 Å². The second-order valence-electron chi connectivity index (χ2n) is 5.77. The number of hydrogen-bond donors (Lipinski definition) is 1. The van der Waals surface area contributed by atoms with Crippen LogP contribution in [0.4, 0.5) is 11.4 Å². The summed E-state index contributed by atoms with van der Waals surface area (Å²) in [6.07, 6.45) is 1.55. The summed E-state index contributed by atoms with van der Waals surface area (Å²) in [6, 6.07) is 11.0. The maximum atomic E-state index is 12.5. The first-order chi connectivity index (χ1) is 11.6. The van der Waals surface area contributed by atoms with Crippen LogP contribution in [0.15, 0.2) is 47.6 Å². The molecule has 1 fully saturated rings. The highest BCUT2D eigenvalue weighted by molar-refractivity contribution is 6.06. The molecule has 0 radical (unpaired) electrons. The molecule has 1 aliphatic heterocycles. The Morgan fingerprint density at radius 2 is 1.96 bits per heavy atom.